The summed E-state index contributed by atoms with van der Waals surface area (Å²) in [6, 6.07) is 2.93. The third-order valence-corrected chi connectivity index (χ3v) is 3.35. The lowest BCUT2D eigenvalue weighted by molar-refractivity contribution is -0.385. The molecule has 0 aliphatic rings. The van der Waals surface area contributed by atoms with Crippen LogP contribution in [0, 0.1) is 10.1 Å². The first-order valence-corrected chi connectivity index (χ1v) is 7.17. The van der Waals surface area contributed by atoms with Crippen LogP contribution in [0.1, 0.15) is 6.42 Å². The van der Waals surface area contributed by atoms with Gasteiger partial charge in [0.05, 0.1) is 18.0 Å². The van der Waals surface area contributed by atoms with Crippen LogP contribution < -0.4 is 10.5 Å². The number of hydrogen-bond acceptors (Lipinski definition) is 6. The van der Waals surface area contributed by atoms with Crippen molar-refractivity contribution in [1.29, 1.82) is 0 Å². The van der Waals surface area contributed by atoms with E-state index in [9.17, 15) is 23.3 Å². The molecule has 0 aliphatic carbocycles. The monoisotopic (exact) mass is 308 g/mol. The molecule has 1 aromatic rings. The number of nitrogens with two attached hydrogens (primary N) is 1. The molecule has 0 unspecified atom stereocenters. The van der Waals surface area contributed by atoms with Crippen molar-refractivity contribution in [3.63, 3.8) is 0 Å². The van der Waals surface area contributed by atoms with Gasteiger partial charge in [0.2, 0.25) is 5.91 Å². The Balaban J connectivity index is 3.10. The molecule has 2 N–H and O–H groups in total. The molecule has 0 spiro atoms. The highest BCUT2D eigenvalue weighted by atomic mass is 35.7. The first-order valence-electron chi connectivity index (χ1n) is 4.86. The van der Waals surface area contributed by atoms with Crippen LogP contribution in [-0.4, -0.2) is 25.9 Å². The molecule has 0 heterocycles. The number of carbonyl (C=O) groups excluding carboxylic acids is 1. The van der Waals surface area contributed by atoms with Crippen LogP contribution in [0.2, 0.25) is 0 Å². The summed E-state index contributed by atoms with van der Waals surface area (Å²) in [6.45, 7) is -0.160. The van der Waals surface area contributed by atoms with Gasteiger partial charge >= 0.3 is 0 Å². The van der Waals surface area contributed by atoms with E-state index in [1.54, 1.807) is 0 Å². The van der Waals surface area contributed by atoms with E-state index >= 15 is 0 Å². The number of rotatable bonds is 6. The average Bonchev–Trinajstić information content (AvgIpc) is 2.27. The topological polar surface area (TPSA) is 130 Å². The molecule has 1 rings (SSSR count). The van der Waals surface area contributed by atoms with Crippen molar-refractivity contribution in [2.24, 2.45) is 5.73 Å². The van der Waals surface area contributed by atoms with Crippen molar-refractivity contribution < 1.29 is 22.9 Å². The van der Waals surface area contributed by atoms with Gasteiger partial charge in [-0.2, -0.15) is 0 Å². The number of nitro groups is 1. The third-order valence-electron chi connectivity index (χ3n) is 2.01. The van der Waals surface area contributed by atoms with Crippen LogP contribution in [0.3, 0.4) is 0 Å². The van der Waals surface area contributed by atoms with E-state index in [-0.39, 0.29) is 18.8 Å². The summed E-state index contributed by atoms with van der Waals surface area (Å²) in [5.74, 6) is -0.806. The molecule has 1 amide bonds. The molecule has 0 fully saturated rings. The summed E-state index contributed by atoms with van der Waals surface area (Å²) in [7, 11) is 0.946. The number of nitrogens with zero attached hydrogens (tertiary/aromatic N) is 1. The molecule has 8 nitrogen and oxygen atoms in total. The van der Waals surface area contributed by atoms with Crippen LogP contribution in [0.25, 0.3) is 0 Å². The maximum atomic E-state index is 11.3. The molecule has 0 radical (unpaired) electrons. The molecule has 0 bridgehead atoms. The van der Waals surface area contributed by atoms with Crippen molar-refractivity contribution in [2.75, 3.05) is 6.61 Å². The van der Waals surface area contributed by atoms with Gasteiger partial charge in [-0.25, -0.2) is 8.42 Å². The van der Waals surface area contributed by atoms with E-state index in [0.29, 0.717) is 0 Å². The highest BCUT2D eigenvalue weighted by molar-refractivity contribution is 8.13. The highest BCUT2D eigenvalue weighted by Crippen LogP contribution is 2.30. The summed E-state index contributed by atoms with van der Waals surface area (Å²) in [5, 5.41) is 10.6. The first kappa shape index (κ1) is 15.2. The molecular weight excluding hydrogens is 300 g/mol. The number of ether oxygens (including phenoxy) is 1. The van der Waals surface area contributed by atoms with Gasteiger partial charge in [0, 0.05) is 22.8 Å². The van der Waals surface area contributed by atoms with E-state index in [2.05, 4.69) is 0 Å². The smallest absolute Gasteiger partial charge is 0.271 e. The lowest BCUT2D eigenvalue weighted by atomic mass is 10.3. The molecule has 0 saturated heterocycles. The van der Waals surface area contributed by atoms with Gasteiger partial charge in [0.1, 0.15) is 10.6 Å². The first-order chi connectivity index (χ1) is 8.71. The molecule has 1 aromatic carbocycles. The second kappa shape index (κ2) is 5.85. The predicted molar refractivity (Wildman–Crippen MR) is 65.4 cm³/mol. The Hall–Kier alpha value is -1.87. The number of benzene rings is 1. The lowest BCUT2D eigenvalue weighted by Gasteiger charge is -2.08. The second-order valence-corrected chi connectivity index (χ2v) is 5.93. The van der Waals surface area contributed by atoms with E-state index in [4.69, 9.17) is 21.2 Å². The molecule has 0 saturated carbocycles. The SMILES string of the molecule is NC(=O)CCOc1ccc([N+](=O)[O-])cc1S(=O)(=O)Cl. The van der Waals surface area contributed by atoms with Crippen molar-refractivity contribution in [3.8, 4) is 5.75 Å². The van der Waals surface area contributed by atoms with E-state index in [1.807, 2.05) is 0 Å². The zero-order valence-electron chi connectivity index (χ0n) is 9.41. The van der Waals surface area contributed by atoms with E-state index in [0.717, 1.165) is 18.2 Å². The zero-order valence-corrected chi connectivity index (χ0v) is 11.0. The molecule has 0 atom stereocenters. The number of hydrogen-bond donors (Lipinski definition) is 1. The molecule has 19 heavy (non-hydrogen) atoms. The molecule has 0 aromatic heterocycles. The Morgan fingerprint density at radius 1 is 1.47 bits per heavy atom. The number of carbonyl (C=O) groups is 1. The molecular formula is C9H9ClN2O6S. The van der Waals surface area contributed by atoms with E-state index in [1.165, 1.54) is 0 Å². The number of amides is 1. The van der Waals surface area contributed by atoms with Crippen LogP contribution in [0.5, 0.6) is 5.75 Å². The fourth-order valence-electron chi connectivity index (χ4n) is 1.18. The Morgan fingerprint density at radius 2 is 2.11 bits per heavy atom. The lowest BCUT2D eigenvalue weighted by Crippen LogP contribution is -2.15. The minimum Gasteiger partial charge on any atom is -0.492 e. The zero-order chi connectivity index (χ0) is 14.6. The second-order valence-electron chi connectivity index (χ2n) is 3.39. The summed E-state index contributed by atoms with van der Waals surface area (Å²) in [4.78, 5) is 19.8. The Kier molecular flexibility index (Phi) is 4.67. The number of non-ortho nitro benzene ring substituents is 1. The van der Waals surface area contributed by atoms with Crippen molar-refractivity contribution >= 4 is 31.3 Å². The third kappa shape index (κ3) is 4.38. The Bertz CT molecular complexity index is 615. The fraction of sp³-hybridized carbons (Fsp3) is 0.222. The standard InChI is InChI=1S/C9H9ClN2O6S/c10-19(16,17)8-5-6(12(14)15)1-2-7(8)18-4-3-9(11)13/h1-2,5H,3-4H2,(H2,11,13). The quantitative estimate of drug-likeness (QED) is 0.469. The van der Waals surface area contributed by atoms with Gasteiger partial charge in [-0.15, -0.1) is 0 Å². The number of halogens is 1. The fourth-order valence-corrected chi connectivity index (χ4v) is 2.17. The van der Waals surface area contributed by atoms with Gasteiger partial charge < -0.3 is 10.5 Å². The summed E-state index contributed by atoms with van der Waals surface area (Å²) >= 11 is 0. The molecule has 0 aliphatic heterocycles. The highest BCUT2D eigenvalue weighted by Gasteiger charge is 2.21. The van der Waals surface area contributed by atoms with Crippen molar-refractivity contribution in [2.45, 2.75) is 11.3 Å². The van der Waals surface area contributed by atoms with Gasteiger partial charge in [-0.05, 0) is 6.07 Å². The van der Waals surface area contributed by atoms with Crippen LogP contribution in [-0.2, 0) is 13.8 Å². The minimum absolute atomic E-state index is 0.126. The van der Waals surface area contributed by atoms with Crippen LogP contribution in [0.15, 0.2) is 23.1 Å². The van der Waals surface area contributed by atoms with Gasteiger partial charge in [0.15, 0.2) is 0 Å². The maximum Gasteiger partial charge on any atom is 0.271 e. The van der Waals surface area contributed by atoms with Crippen LogP contribution in [0.4, 0.5) is 5.69 Å². The normalized spacial score (nSPS) is 11.0. The summed E-state index contributed by atoms with van der Waals surface area (Å²) in [6.07, 6.45) is -0.126. The van der Waals surface area contributed by atoms with Gasteiger partial charge in [0.25, 0.3) is 14.7 Å². The van der Waals surface area contributed by atoms with Crippen LogP contribution >= 0.6 is 10.7 Å². The summed E-state index contributed by atoms with van der Waals surface area (Å²) in [5.41, 5.74) is 4.45. The number of nitro benzene ring substituents is 1. The minimum atomic E-state index is -4.21. The van der Waals surface area contributed by atoms with Gasteiger partial charge in [-0.3, -0.25) is 14.9 Å². The average molecular weight is 309 g/mol. The Morgan fingerprint density at radius 3 is 2.58 bits per heavy atom. The maximum absolute atomic E-state index is 11.3. The van der Waals surface area contributed by atoms with Crippen molar-refractivity contribution in [1.82, 2.24) is 0 Å². The molecule has 10 heteroatoms. The molecule has 104 valence electrons. The van der Waals surface area contributed by atoms with Crippen molar-refractivity contribution in [3.05, 3.63) is 28.3 Å². The Labute approximate surface area is 112 Å². The summed E-state index contributed by atoms with van der Waals surface area (Å²) < 4.78 is 27.6. The predicted octanol–water partition coefficient (Wildman–Crippen LogP) is 0.776. The largest absolute Gasteiger partial charge is 0.492 e. The number of primary amides is 1. The van der Waals surface area contributed by atoms with Gasteiger partial charge in [-0.1, -0.05) is 0 Å². The van der Waals surface area contributed by atoms with E-state index < -0.39 is 30.5 Å².